The van der Waals surface area contributed by atoms with E-state index in [9.17, 15) is 9.59 Å². The van der Waals surface area contributed by atoms with E-state index < -0.39 is 5.91 Å². The molecule has 1 saturated heterocycles. The zero-order valence-electron chi connectivity index (χ0n) is 16.8. The van der Waals surface area contributed by atoms with E-state index in [-0.39, 0.29) is 11.5 Å². The Kier molecular flexibility index (Phi) is 5.21. The van der Waals surface area contributed by atoms with Crippen molar-refractivity contribution in [1.82, 2.24) is 9.99 Å². The van der Waals surface area contributed by atoms with Crippen molar-refractivity contribution in [2.24, 2.45) is 0 Å². The van der Waals surface area contributed by atoms with Crippen LogP contribution in [0.1, 0.15) is 11.1 Å². The van der Waals surface area contributed by atoms with Gasteiger partial charge in [0.1, 0.15) is 5.57 Å². The number of hydrogen-bond acceptors (Lipinski definition) is 2. The summed E-state index contributed by atoms with van der Waals surface area (Å²) in [4.78, 5) is 25.6. The molecular weight excluding hydrogens is 445 g/mol. The number of hydrogen-bond donors (Lipinski definition) is 1. The summed E-state index contributed by atoms with van der Waals surface area (Å²) in [7, 11) is 0. The number of hydrazine groups is 1. The van der Waals surface area contributed by atoms with Crippen LogP contribution in [0.3, 0.4) is 0 Å². The number of para-hydroxylation sites is 2. The molecule has 5 rings (SSSR count). The number of amides is 2. The molecule has 0 atom stereocenters. The maximum Gasteiger partial charge on any atom is 0.282 e. The summed E-state index contributed by atoms with van der Waals surface area (Å²) in [5, 5.41) is 3.21. The van der Waals surface area contributed by atoms with Crippen molar-refractivity contribution in [1.29, 1.82) is 0 Å². The highest BCUT2D eigenvalue weighted by Crippen LogP contribution is 2.28. The molecule has 0 saturated carbocycles. The van der Waals surface area contributed by atoms with E-state index in [2.05, 4.69) is 9.99 Å². The summed E-state index contributed by atoms with van der Waals surface area (Å²) < 4.78 is 2.06. The third kappa shape index (κ3) is 3.66. The lowest BCUT2D eigenvalue weighted by Crippen LogP contribution is -2.35. The highest BCUT2D eigenvalue weighted by atomic mass is 35.5. The minimum atomic E-state index is -0.430. The van der Waals surface area contributed by atoms with Crippen LogP contribution in [0.4, 0.5) is 5.69 Å². The van der Waals surface area contributed by atoms with Crippen molar-refractivity contribution >= 4 is 57.7 Å². The standard InChI is InChI=1S/C25H17Cl2N3O2/c26-21-11-10-16(12-22(21)27)14-29-15-17(19-8-4-5-9-23(19)29)13-20-24(31)28-30(25(20)32)18-6-2-1-3-7-18/h1-13,15H,14H2,(H,28,31)/b20-13+. The normalized spacial score (nSPS) is 15.1. The van der Waals surface area contributed by atoms with Gasteiger partial charge >= 0.3 is 0 Å². The molecule has 7 heteroatoms. The highest BCUT2D eigenvalue weighted by Gasteiger charge is 2.34. The van der Waals surface area contributed by atoms with Crippen molar-refractivity contribution in [2.45, 2.75) is 6.54 Å². The molecule has 1 N–H and O–H groups in total. The maximum absolute atomic E-state index is 13.0. The summed E-state index contributed by atoms with van der Waals surface area (Å²) in [5.41, 5.74) is 6.09. The van der Waals surface area contributed by atoms with Crippen LogP contribution in [0.25, 0.3) is 17.0 Å². The SMILES string of the molecule is O=C1NN(c2ccccc2)C(=O)/C1=C/c1cn(Cc2ccc(Cl)c(Cl)c2)c2ccccc12. The van der Waals surface area contributed by atoms with Gasteiger partial charge in [-0.15, -0.1) is 0 Å². The Morgan fingerprint density at radius 3 is 2.41 bits per heavy atom. The first-order chi connectivity index (χ1) is 15.5. The number of benzene rings is 3. The van der Waals surface area contributed by atoms with E-state index in [1.807, 2.05) is 60.8 Å². The number of anilines is 1. The van der Waals surface area contributed by atoms with Gasteiger partial charge in [-0.2, -0.15) is 0 Å². The van der Waals surface area contributed by atoms with Crippen molar-refractivity contribution in [3.05, 3.63) is 106 Å². The Labute approximate surface area is 194 Å². The van der Waals surface area contributed by atoms with E-state index in [0.717, 1.165) is 22.0 Å². The number of aromatic nitrogens is 1. The lowest BCUT2D eigenvalue weighted by molar-refractivity contribution is -0.117. The van der Waals surface area contributed by atoms with Crippen LogP contribution in [-0.2, 0) is 16.1 Å². The van der Waals surface area contributed by atoms with E-state index >= 15 is 0 Å². The first kappa shape index (κ1) is 20.4. The van der Waals surface area contributed by atoms with Crippen molar-refractivity contribution in [3.63, 3.8) is 0 Å². The average molecular weight is 462 g/mol. The minimum Gasteiger partial charge on any atom is -0.342 e. The Morgan fingerprint density at radius 1 is 0.875 bits per heavy atom. The van der Waals surface area contributed by atoms with Crippen molar-refractivity contribution in [2.75, 3.05) is 5.01 Å². The largest absolute Gasteiger partial charge is 0.342 e. The smallest absolute Gasteiger partial charge is 0.282 e. The molecule has 2 amide bonds. The number of carbonyl (C=O) groups is 2. The topological polar surface area (TPSA) is 54.3 Å². The number of fused-ring (bicyclic) bond motifs is 1. The van der Waals surface area contributed by atoms with Crippen LogP contribution in [0.15, 0.2) is 84.6 Å². The predicted octanol–water partition coefficient (Wildman–Crippen LogP) is 5.46. The third-order valence-corrected chi connectivity index (χ3v) is 6.10. The molecule has 0 radical (unpaired) electrons. The van der Waals surface area contributed by atoms with Crippen molar-refractivity contribution in [3.8, 4) is 0 Å². The molecule has 1 aliphatic heterocycles. The predicted molar refractivity (Wildman–Crippen MR) is 128 cm³/mol. The van der Waals surface area contributed by atoms with Crippen LogP contribution < -0.4 is 10.4 Å². The zero-order valence-corrected chi connectivity index (χ0v) is 18.3. The van der Waals surface area contributed by atoms with Gasteiger partial charge in [-0.3, -0.25) is 15.0 Å². The Hall–Kier alpha value is -3.54. The van der Waals surface area contributed by atoms with Crippen LogP contribution in [0.5, 0.6) is 0 Å². The maximum atomic E-state index is 13.0. The highest BCUT2D eigenvalue weighted by molar-refractivity contribution is 6.42. The molecule has 0 aliphatic carbocycles. The van der Waals surface area contributed by atoms with Gasteiger partial charge in [0.15, 0.2) is 0 Å². The minimum absolute atomic E-state index is 0.0892. The lowest BCUT2D eigenvalue weighted by atomic mass is 10.1. The molecule has 1 aromatic heterocycles. The molecule has 1 aliphatic rings. The number of nitrogens with zero attached hydrogens (tertiary/aromatic N) is 2. The molecule has 5 nitrogen and oxygen atoms in total. The van der Waals surface area contributed by atoms with Gasteiger partial charge in [0.05, 0.1) is 15.7 Å². The van der Waals surface area contributed by atoms with E-state index in [1.165, 1.54) is 5.01 Å². The molecular formula is C25H17Cl2N3O2. The quantitative estimate of drug-likeness (QED) is 0.324. The van der Waals surface area contributed by atoms with Gasteiger partial charge in [0.2, 0.25) is 0 Å². The van der Waals surface area contributed by atoms with Gasteiger partial charge in [-0.1, -0.05) is 65.7 Å². The van der Waals surface area contributed by atoms with E-state index in [0.29, 0.717) is 22.3 Å². The monoisotopic (exact) mass is 461 g/mol. The van der Waals surface area contributed by atoms with Gasteiger partial charge in [-0.25, -0.2) is 5.01 Å². The van der Waals surface area contributed by atoms with Gasteiger partial charge in [-0.05, 0) is 42.0 Å². The Bertz CT molecular complexity index is 1390. The zero-order chi connectivity index (χ0) is 22.2. The Balaban J connectivity index is 1.53. The number of rotatable bonds is 4. The molecule has 32 heavy (non-hydrogen) atoms. The first-order valence-corrected chi connectivity index (χ1v) is 10.7. The average Bonchev–Trinajstić information content (AvgIpc) is 3.29. The van der Waals surface area contributed by atoms with Crippen LogP contribution in [-0.4, -0.2) is 16.4 Å². The summed E-state index contributed by atoms with van der Waals surface area (Å²) in [6, 6.07) is 22.4. The second-order valence-corrected chi connectivity index (χ2v) is 8.27. The lowest BCUT2D eigenvalue weighted by Gasteiger charge is -2.13. The van der Waals surface area contributed by atoms with Crippen LogP contribution >= 0.6 is 23.2 Å². The summed E-state index contributed by atoms with van der Waals surface area (Å²) in [6.07, 6.45) is 3.58. The molecule has 2 heterocycles. The number of halogens is 2. The fraction of sp³-hybridized carbons (Fsp3) is 0.0400. The molecule has 0 unspecified atom stereocenters. The second kappa shape index (κ2) is 8.19. The Morgan fingerprint density at radius 2 is 1.62 bits per heavy atom. The molecule has 158 valence electrons. The van der Waals surface area contributed by atoms with Gasteiger partial charge in [0.25, 0.3) is 11.8 Å². The van der Waals surface area contributed by atoms with E-state index in [1.54, 1.807) is 24.3 Å². The van der Waals surface area contributed by atoms with Gasteiger partial charge in [0, 0.05) is 29.2 Å². The number of nitrogens with one attached hydrogen (secondary N) is 1. The molecule has 1 fully saturated rings. The molecule has 3 aromatic carbocycles. The first-order valence-electron chi connectivity index (χ1n) is 9.95. The fourth-order valence-electron chi connectivity index (χ4n) is 3.83. The summed E-state index contributed by atoms with van der Waals surface area (Å²) in [5.74, 6) is -0.817. The van der Waals surface area contributed by atoms with E-state index in [4.69, 9.17) is 23.2 Å². The summed E-state index contributed by atoms with van der Waals surface area (Å²) in [6.45, 7) is 0.566. The molecule has 0 spiro atoms. The van der Waals surface area contributed by atoms with Crippen molar-refractivity contribution < 1.29 is 9.59 Å². The number of carbonyl (C=O) groups excluding carboxylic acids is 2. The summed E-state index contributed by atoms with van der Waals surface area (Å²) >= 11 is 12.2. The molecule has 4 aromatic rings. The third-order valence-electron chi connectivity index (χ3n) is 5.36. The van der Waals surface area contributed by atoms with Gasteiger partial charge < -0.3 is 4.57 Å². The van der Waals surface area contributed by atoms with Crippen LogP contribution in [0.2, 0.25) is 10.0 Å². The second-order valence-electron chi connectivity index (χ2n) is 7.45. The molecule has 0 bridgehead atoms. The van der Waals surface area contributed by atoms with Crippen LogP contribution in [0, 0.1) is 0 Å². The fourth-order valence-corrected chi connectivity index (χ4v) is 4.15.